The lowest BCUT2D eigenvalue weighted by molar-refractivity contribution is 1.63. The van der Waals surface area contributed by atoms with Gasteiger partial charge in [-0.3, -0.25) is 0 Å². The van der Waals surface area contributed by atoms with Gasteiger partial charge in [0.1, 0.15) is 11.0 Å². The average molecular weight is 537 g/mol. The molecule has 4 rings (SSSR count). The van der Waals surface area contributed by atoms with Gasteiger partial charge in [-0.1, -0.05) is 12.1 Å². The van der Waals surface area contributed by atoms with Crippen molar-refractivity contribution in [3.8, 4) is 20.9 Å². The second kappa shape index (κ2) is 6.07. The molecule has 4 aromatic rings. The summed E-state index contributed by atoms with van der Waals surface area (Å²) in [5.41, 5.74) is 4.18. The Balaban J connectivity index is 1.97. The summed E-state index contributed by atoms with van der Waals surface area (Å²) in [7, 11) is 0. The first-order valence-electron chi connectivity index (χ1n) is 6.09. The Morgan fingerprint density at radius 1 is 0.773 bits per heavy atom. The lowest BCUT2D eigenvalue weighted by Gasteiger charge is -2.04. The Labute approximate surface area is 163 Å². The molecule has 2 nitrogen and oxygen atoms in total. The van der Waals surface area contributed by atoms with Gasteiger partial charge in [0.2, 0.25) is 0 Å². The van der Waals surface area contributed by atoms with E-state index in [2.05, 4.69) is 86.9 Å². The van der Waals surface area contributed by atoms with Gasteiger partial charge < -0.3 is 0 Å². The van der Waals surface area contributed by atoms with Crippen molar-refractivity contribution in [1.29, 1.82) is 0 Å². The Morgan fingerprint density at radius 3 is 2.14 bits per heavy atom. The quantitative estimate of drug-likeness (QED) is 0.266. The summed E-state index contributed by atoms with van der Waals surface area (Å²) < 4.78 is 12.3. The highest BCUT2D eigenvalue weighted by Crippen LogP contribution is 2.44. The van der Waals surface area contributed by atoms with E-state index < -0.39 is 0 Å². The SMILES string of the molecule is Brc1ccc(-c2ccc(-c3sc(Br)cc3Br)c3nsnc23)s1. The van der Waals surface area contributed by atoms with Gasteiger partial charge in [0.05, 0.1) is 24.2 Å². The van der Waals surface area contributed by atoms with Crippen molar-refractivity contribution in [3.05, 3.63) is 42.4 Å². The van der Waals surface area contributed by atoms with Crippen LogP contribution in [0.15, 0.2) is 42.4 Å². The van der Waals surface area contributed by atoms with Crippen LogP contribution in [0.1, 0.15) is 0 Å². The standard InChI is InChI=1S/C14H5Br3N2S3/c15-8-5-11(17)21-14(8)7-2-1-6(9-3-4-10(16)20-9)12-13(7)19-22-18-12/h1-5H. The summed E-state index contributed by atoms with van der Waals surface area (Å²) in [5.74, 6) is 0. The number of hydrogen-bond donors (Lipinski definition) is 0. The highest BCUT2D eigenvalue weighted by molar-refractivity contribution is 9.11. The molecule has 22 heavy (non-hydrogen) atoms. The second-order valence-electron chi connectivity index (χ2n) is 4.45. The van der Waals surface area contributed by atoms with Gasteiger partial charge in [-0.15, -0.1) is 22.7 Å². The number of halogens is 3. The summed E-state index contributed by atoms with van der Waals surface area (Å²) in [4.78, 5) is 2.37. The Morgan fingerprint density at radius 2 is 1.50 bits per heavy atom. The molecule has 0 saturated heterocycles. The molecule has 0 aliphatic carbocycles. The molecule has 110 valence electrons. The van der Waals surface area contributed by atoms with Crippen LogP contribution in [0.4, 0.5) is 0 Å². The van der Waals surface area contributed by atoms with E-state index in [1.165, 1.54) is 21.5 Å². The van der Waals surface area contributed by atoms with E-state index in [1.807, 2.05) is 0 Å². The molecule has 3 aromatic heterocycles. The molecule has 8 heteroatoms. The van der Waals surface area contributed by atoms with Crippen molar-refractivity contribution >= 4 is 93.2 Å². The molecule has 0 unspecified atom stereocenters. The van der Waals surface area contributed by atoms with Crippen molar-refractivity contribution in [1.82, 2.24) is 8.75 Å². The number of hydrogen-bond acceptors (Lipinski definition) is 5. The van der Waals surface area contributed by atoms with Crippen molar-refractivity contribution in [3.63, 3.8) is 0 Å². The number of aromatic nitrogens is 2. The first kappa shape index (κ1) is 15.4. The minimum Gasteiger partial charge on any atom is -0.172 e. The minimum absolute atomic E-state index is 0.960. The Hall–Kier alpha value is -0.120. The molecule has 0 aliphatic heterocycles. The minimum atomic E-state index is 0.960. The predicted molar refractivity (Wildman–Crippen MR) is 107 cm³/mol. The smallest absolute Gasteiger partial charge is 0.114 e. The van der Waals surface area contributed by atoms with Crippen molar-refractivity contribution in [2.75, 3.05) is 0 Å². The summed E-state index contributed by atoms with van der Waals surface area (Å²) in [6.07, 6.45) is 0. The fourth-order valence-corrected chi connectivity index (χ4v) is 6.88. The zero-order chi connectivity index (χ0) is 15.3. The summed E-state index contributed by atoms with van der Waals surface area (Å²) in [5, 5.41) is 0. The van der Waals surface area contributed by atoms with Crippen LogP contribution in [0.3, 0.4) is 0 Å². The zero-order valence-corrected chi connectivity index (χ0v) is 17.8. The number of nitrogens with zero attached hydrogens (tertiary/aromatic N) is 2. The lowest BCUT2D eigenvalue weighted by Crippen LogP contribution is -1.82. The first-order valence-corrected chi connectivity index (χ1v) is 10.8. The molecule has 0 bridgehead atoms. The molecular weight excluding hydrogens is 532 g/mol. The van der Waals surface area contributed by atoms with Gasteiger partial charge >= 0.3 is 0 Å². The summed E-state index contributed by atoms with van der Waals surface area (Å²) >= 11 is 15.4. The van der Waals surface area contributed by atoms with Crippen LogP contribution < -0.4 is 0 Å². The van der Waals surface area contributed by atoms with Crippen LogP contribution in [0.25, 0.3) is 31.9 Å². The molecule has 0 amide bonds. The van der Waals surface area contributed by atoms with E-state index in [0.717, 1.165) is 34.2 Å². The lowest BCUT2D eigenvalue weighted by atomic mass is 10.1. The number of thiophene rings is 2. The van der Waals surface area contributed by atoms with E-state index in [4.69, 9.17) is 0 Å². The van der Waals surface area contributed by atoms with Crippen LogP contribution in [0, 0.1) is 0 Å². The maximum Gasteiger partial charge on any atom is 0.114 e. The monoisotopic (exact) mass is 534 g/mol. The Kier molecular flexibility index (Phi) is 4.25. The van der Waals surface area contributed by atoms with Crippen LogP contribution >= 0.6 is 82.2 Å². The largest absolute Gasteiger partial charge is 0.172 e. The van der Waals surface area contributed by atoms with Gasteiger partial charge in [0.15, 0.2) is 0 Å². The van der Waals surface area contributed by atoms with Gasteiger partial charge in [-0.25, -0.2) is 0 Å². The first-order chi connectivity index (χ1) is 10.6. The molecule has 0 fully saturated rings. The van der Waals surface area contributed by atoms with Crippen molar-refractivity contribution in [2.24, 2.45) is 0 Å². The van der Waals surface area contributed by atoms with Gasteiger partial charge in [-0.2, -0.15) is 8.75 Å². The maximum atomic E-state index is 4.53. The number of fused-ring (bicyclic) bond motifs is 1. The van der Waals surface area contributed by atoms with E-state index in [-0.39, 0.29) is 0 Å². The molecule has 3 heterocycles. The zero-order valence-electron chi connectivity index (χ0n) is 10.6. The van der Waals surface area contributed by atoms with Gasteiger partial charge in [-0.05, 0) is 66.0 Å². The third-order valence-corrected chi connectivity index (χ3v) is 7.90. The van der Waals surface area contributed by atoms with E-state index in [0.29, 0.717) is 0 Å². The van der Waals surface area contributed by atoms with Crippen LogP contribution in [0.2, 0.25) is 0 Å². The van der Waals surface area contributed by atoms with Crippen molar-refractivity contribution < 1.29 is 0 Å². The number of rotatable bonds is 2. The van der Waals surface area contributed by atoms with Crippen molar-refractivity contribution in [2.45, 2.75) is 0 Å². The molecule has 0 N–H and O–H groups in total. The topological polar surface area (TPSA) is 25.8 Å². The highest BCUT2D eigenvalue weighted by Gasteiger charge is 2.17. The van der Waals surface area contributed by atoms with E-state index >= 15 is 0 Å². The number of benzene rings is 1. The maximum absolute atomic E-state index is 4.53. The predicted octanol–water partition coefficient (Wildman–Crippen LogP) is 7.44. The second-order valence-corrected chi connectivity index (χ2v) is 10.7. The fourth-order valence-electron chi connectivity index (χ4n) is 2.23. The highest BCUT2D eigenvalue weighted by atomic mass is 79.9. The molecular formula is C14H5Br3N2S3. The fraction of sp³-hybridized carbons (Fsp3) is 0. The summed E-state index contributed by atoms with van der Waals surface area (Å²) in [6, 6.07) is 10.5. The van der Waals surface area contributed by atoms with Crippen LogP contribution in [-0.2, 0) is 0 Å². The molecule has 0 atom stereocenters. The summed E-state index contributed by atoms with van der Waals surface area (Å²) in [6.45, 7) is 0. The van der Waals surface area contributed by atoms with Gasteiger partial charge in [0.25, 0.3) is 0 Å². The third-order valence-electron chi connectivity index (χ3n) is 3.16. The normalized spacial score (nSPS) is 11.4. The molecule has 0 saturated carbocycles. The Bertz CT molecular complexity index is 986. The molecule has 0 radical (unpaired) electrons. The molecule has 0 aliphatic rings. The molecule has 1 aromatic carbocycles. The molecule has 0 spiro atoms. The van der Waals surface area contributed by atoms with Gasteiger partial charge in [0, 0.05) is 20.5 Å². The van der Waals surface area contributed by atoms with E-state index in [1.54, 1.807) is 22.7 Å². The third kappa shape index (κ3) is 2.63. The van der Waals surface area contributed by atoms with Crippen LogP contribution in [-0.4, -0.2) is 8.75 Å². The average Bonchev–Trinajstić information content (AvgIpc) is 3.18. The van der Waals surface area contributed by atoms with Crippen LogP contribution in [0.5, 0.6) is 0 Å². The van der Waals surface area contributed by atoms with E-state index in [9.17, 15) is 0 Å².